The average Bonchev–Trinajstić information content (AvgIpc) is 2.82. The van der Waals surface area contributed by atoms with E-state index < -0.39 is 5.97 Å². The summed E-state index contributed by atoms with van der Waals surface area (Å²) in [6.07, 6.45) is 2.11. The molecule has 2 aromatic rings. The third kappa shape index (κ3) is 2.99. The molecule has 0 fully saturated rings. The Hall–Kier alpha value is -2.30. The highest BCUT2D eigenvalue weighted by atomic mass is 16.5. The van der Waals surface area contributed by atoms with Gasteiger partial charge in [0.15, 0.2) is 11.5 Å². The molecular formula is C15H17NO4. The molecule has 5 nitrogen and oxygen atoms in total. The molecule has 0 radical (unpaired) electrons. The largest absolute Gasteiger partial charge is 0.494 e. The zero-order chi connectivity index (χ0) is 14.5. The van der Waals surface area contributed by atoms with Crippen LogP contribution in [0.1, 0.15) is 35.8 Å². The van der Waals surface area contributed by atoms with Crippen LogP contribution in [0.25, 0.3) is 11.3 Å². The van der Waals surface area contributed by atoms with Crippen molar-refractivity contribution in [1.82, 2.24) is 5.16 Å². The molecule has 0 aliphatic heterocycles. The number of hydrogen-bond donors (Lipinski definition) is 1. The van der Waals surface area contributed by atoms with Crippen molar-refractivity contribution in [1.29, 1.82) is 0 Å². The van der Waals surface area contributed by atoms with Crippen LogP contribution in [0.3, 0.4) is 0 Å². The van der Waals surface area contributed by atoms with Crippen molar-refractivity contribution in [2.24, 2.45) is 0 Å². The molecule has 1 aromatic carbocycles. The summed E-state index contributed by atoms with van der Waals surface area (Å²) in [5.74, 6) is 0.178. The number of benzene rings is 1. The third-order valence-corrected chi connectivity index (χ3v) is 3.01. The van der Waals surface area contributed by atoms with Crippen LogP contribution in [0.5, 0.6) is 5.75 Å². The molecule has 106 valence electrons. The normalized spacial score (nSPS) is 10.5. The van der Waals surface area contributed by atoms with Gasteiger partial charge < -0.3 is 14.4 Å². The van der Waals surface area contributed by atoms with Gasteiger partial charge in [0.25, 0.3) is 0 Å². The number of carbonyl (C=O) groups is 1. The molecule has 0 aliphatic carbocycles. The Kier molecular flexibility index (Phi) is 4.40. The van der Waals surface area contributed by atoms with Crippen LogP contribution in [0, 0.1) is 6.92 Å². The molecule has 1 N–H and O–H groups in total. The van der Waals surface area contributed by atoms with Crippen molar-refractivity contribution in [2.75, 3.05) is 6.61 Å². The molecule has 0 bridgehead atoms. The molecule has 5 heteroatoms. The van der Waals surface area contributed by atoms with E-state index in [1.807, 2.05) is 24.3 Å². The number of rotatable bonds is 6. The Bertz CT molecular complexity index is 586. The molecule has 0 atom stereocenters. The van der Waals surface area contributed by atoms with Gasteiger partial charge in [0.2, 0.25) is 0 Å². The summed E-state index contributed by atoms with van der Waals surface area (Å²) in [6.45, 7) is 4.49. The van der Waals surface area contributed by atoms with Crippen molar-refractivity contribution < 1.29 is 19.2 Å². The molecule has 0 aliphatic rings. The topological polar surface area (TPSA) is 72.6 Å². The summed E-state index contributed by atoms with van der Waals surface area (Å²) in [6, 6.07) is 7.35. The average molecular weight is 275 g/mol. The van der Waals surface area contributed by atoms with E-state index >= 15 is 0 Å². The van der Waals surface area contributed by atoms with Gasteiger partial charge in [-0.1, -0.05) is 18.5 Å². The molecule has 20 heavy (non-hydrogen) atoms. The quantitative estimate of drug-likeness (QED) is 0.816. The van der Waals surface area contributed by atoms with Crippen LogP contribution in [0.2, 0.25) is 0 Å². The zero-order valence-corrected chi connectivity index (χ0v) is 11.5. The molecule has 1 heterocycles. The van der Waals surface area contributed by atoms with Crippen molar-refractivity contribution in [3.05, 3.63) is 35.5 Å². The first-order chi connectivity index (χ1) is 9.63. The predicted octanol–water partition coefficient (Wildman–Crippen LogP) is 3.53. The predicted molar refractivity (Wildman–Crippen MR) is 74.0 cm³/mol. The molecule has 1 aromatic heterocycles. The Morgan fingerprint density at radius 3 is 2.60 bits per heavy atom. The fraction of sp³-hybridized carbons (Fsp3) is 0.333. The van der Waals surface area contributed by atoms with Crippen LogP contribution in [0.15, 0.2) is 28.8 Å². The minimum absolute atomic E-state index is 0.0525. The number of unbranched alkanes of at least 4 members (excludes halogenated alkanes) is 1. The lowest BCUT2D eigenvalue weighted by molar-refractivity contribution is 0.0685. The summed E-state index contributed by atoms with van der Waals surface area (Å²) >= 11 is 0. The van der Waals surface area contributed by atoms with Gasteiger partial charge in [0.05, 0.1) is 6.61 Å². The summed E-state index contributed by atoms with van der Waals surface area (Å²) in [7, 11) is 0. The first kappa shape index (κ1) is 14.1. The summed E-state index contributed by atoms with van der Waals surface area (Å²) in [5.41, 5.74) is 1.26. The minimum Gasteiger partial charge on any atom is -0.494 e. The summed E-state index contributed by atoms with van der Waals surface area (Å²) in [4.78, 5) is 10.9. The number of carboxylic acid groups (broad SMARTS) is 1. The molecule has 0 saturated carbocycles. The van der Waals surface area contributed by atoms with Crippen molar-refractivity contribution in [3.8, 4) is 17.1 Å². The zero-order valence-electron chi connectivity index (χ0n) is 11.5. The monoisotopic (exact) mass is 275 g/mol. The molecule has 0 unspecified atom stereocenters. The van der Waals surface area contributed by atoms with E-state index in [1.165, 1.54) is 0 Å². The van der Waals surface area contributed by atoms with Crippen LogP contribution < -0.4 is 4.74 Å². The number of hydrogen-bond acceptors (Lipinski definition) is 4. The second kappa shape index (κ2) is 6.23. The number of carboxylic acids is 1. The fourth-order valence-electron chi connectivity index (χ4n) is 1.84. The lowest BCUT2D eigenvalue weighted by Gasteiger charge is -2.05. The van der Waals surface area contributed by atoms with E-state index in [2.05, 4.69) is 12.1 Å². The Morgan fingerprint density at radius 1 is 1.35 bits per heavy atom. The van der Waals surface area contributed by atoms with Crippen molar-refractivity contribution in [2.45, 2.75) is 26.7 Å². The Morgan fingerprint density at radius 2 is 2.05 bits per heavy atom. The summed E-state index contributed by atoms with van der Waals surface area (Å²) < 4.78 is 10.7. The Balaban J connectivity index is 2.16. The van der Waals surface area contributed by atoms with Gasteiger partial charge in [0, 0.05) is 11.1 Å². The molecule has 0 saturated heterocycles. The van der Waals surface area contributed by atoms with E-state index in [9.17, 15) is 4.79 Å². The molecular weight excluding hydrogens is 258 g/mol. The molecule has 0 spiro atoms. The SMILES string of the molecule is CCCCOc1ccc(-c2onc(C(=O)O)c2C)cc1. The van der Waals surface area contributed by atoms with Gasteiger partial charge >= 0.3 is 5.97 Å². The van der Waals surface area contributed by atoms with E-state index in [0.29, 0.717) is 17.9 Å². The fourth-order valence-corrected chi connectivity index (χ4v) is 1.84. The van der Waals surface area contributed by atoms with Gasteiger partial charge in [-0.15, -0.1) is 0 Å². The van der Waals surface area contributed by atoms with Crippen LogP contribution >= 0.6 is 0 Å². The van der Waals surface area contributed by atoms with Gasteiger partial charge in [-0.25, -0.2) is 4.79 Å². The number of nitrogens with zero attached hydrogens (tertiary/aromatic N) is 1. The van der Waals surface area contributed by atoms with Crippen LogP contribution in [-0.4, -0.2) is 22.8 Å². The highest BCUT2D eigenvalue weighted by Gasteiger charge is 2.18. The second-order valence-corrected chi connectivity index (χ2v) is 4.52. The van der Waals surface area contributed by atoms with Crippen LogP contribution in [0.4, 0.5) is 0 Å². The second-order valence-electron chi connectivity index (χ2n) is 4.52. The first-order valence-electron chi connectivity index (χ1n) is 6.56. The van der Waals surface area contributed by atoms with Gasteiger partial charge in [0.1, 0.15) is 5.75 Å². The maximum Gasteiger partial charge on any atom is 0.358 e. The van der Waals surface area contributed by atoms with E-state index in [4.69, 9.17) is 14.4 Å². The highest BCUT2D eigenvalue weighted by Crippen LogP contribution is 2.27. The maximum absolute atomic E-state index is 10.9. The van der Waals surface area contributed by atoms with E-state index in [-0.39, 0.29) is 5.69 Å². The third-order valence-electron chi connectivity index (χ3n) is 3.01. The number of aromatic carboxylic acids is 1. The minimum atomic E-state index is -1.09. The van der Waals surface area contributed by atoms with E-state index in [0.717, 1.165) is 24.2 Å². The smallest absolute Gasteiger partial charge is 0.358 e. The van der Waals surface area contributed by atoms with Crippen molar-refractivity contribution in [3.63, 3.8) is 0 Å². The number of aromatic nitrogens is 1. The Labute approximate surface area is 117 Å². The maximum atomic E-state index is 10.9. The lowest BCUT2D eigenvalue weighted by atomic mass is 10.1. The number of ether oxygens (including phenoxy) is 1. The summed E-state index contributed by atoms with van der Waals surface area (Å²) in [5, 5.41) is 12.5. The van der Waals surface area contributed by atoms with E-state index in [1.54, 1.807) is 6.92 Å². The lowest BCUT2D eigenvalue weighted by Crippen LogP contribution is -1.98. The highest BCUT2D eigenvalue weighted by molar-refractivity contribution is 5.88. The van der Waals surface area contributed by atoms with Gasteiger partial charge in [-0.3, -0.25) is 0 Å². The standard InChI is InChI=1S/C15H17NO4/c1-3-4-9-19-12-7-5-11(6-8-12)14-10(2)13(15(17)18)16-20-14/h5-8H,3-4,9H2,1-2H3,(H,17,18). The molecule has 2 rings (SSSR count). The molecule has 0 amide bonds. The van der Waals surface area contributed by atoms with Crippen molar-refractivity contribution >= 4 is 5.97 Å². The van der Waals surface area contributed by atoms with Crippen LogP contribution in [-0.2, 0) is 0 Å². The first-order valence-corrected chi connectivity index (χ1v) is 6.56. The van der Waals surface area contributed by atoms with Gasteiger partial charge in [-0.05, 0) is 37.6 Å². The van der Waals surface area contributed by atoms with Gasteiger partial charge in [-0.2, -0.15) is 0 Å².